The molecular formula is C12H13ClN2O2S2. The van der Waals surface area contributed by atoms with Crippen LogP contribution in [-0.4, -0.2) is 13.4 Å². The van der Waals surface area contributed by atoms with Crippen LogP contribution in [0.25, 0.3) is 0 Å². The van der Waals surface area contributed by atoms with Gasteiger partial charge in [0, 0.05) is 6.54 Å². The molecule has 0 amide bonds. The second-order valence-corrected chi connectivity index (χ2v) is 7.53. The average Bonchev–Trinajstić information content (AvgIpc) is 2.85. The van der Waals surface area contributed by atoms with Crippen molar-refractivity contribution in [1.29, 1.82) is 0 Å². The lowest BCUT2D eigenvalue weighted by Gasteiger charge is -2.05. The lowest BCUT2D eigenvalue weighted by atomic mass is 10.1. The number of thiazole rings is 1. The van der Waals surface area contributed by atoms with E-state index in [0.717, 1.165) is 23.3 Å². The van der Waals surface area contributed by atoms with Gasteiger partial charge in [0.1, 0.15) is 0 Å². The summed E-state index contributed by atoms with van der Waals surface area (Å²) in [5.41, 5.74) is 2.14. The van der Waals surface area contributed by atoms with Crippen molar-refractivity contribution >= 4 is 33.0 Å². The summed E-state index contributed by atoms with van der Waals surface area (Å²) in [4.78, 5) is 3.73. The Labute approximate surface area is 121 Å². The molecule has 0 aliphatic carbocycles. The molecule has 1 aromatic heterocycles. The highest BCUT2D eigenvalue weighted by atomic mass is 35.5. The highest BCUT2D eigenvalue weighted by Gasteiger charge is 2.16. The maximum Gasteiger partial charge on any atom is 0.252 e. The number of aromatic nitrogens is 1. The van der Waals surface area contributed by atoms with E-state index in [0.29, 0.717) is 0 Å². The molecule has 7 heteroatoms. The van der Waals surface area contributed by atoms with Gasteiger partial charge >= 0.3 is 0 Å². The van der Waals surface area contributed by atoms with E-state index in [-0.39, 0.29) is 15.2 Å². The lowest BCUT2D eigenvalue weighted by Crippen LogP contribution is -2.22. The monoisotopic (exact) mass is 316 g/mol. The Morgan fingerprint density at radius 3 is 2.42 bits per heavy atom. The molecule has 4 nitrogen and oxygen atoms in total. The van der Waals surface area contributed by atoms with Crippen LogP contribution in [0.5, 0.6) is 0 Å². The highest BCUT2D eigenvalue weighted by Crippen LogP contribution is 2.22. The summed E-state index contributed by atoms with van der Waals surface area (Å²) in [7, 11) is -3.53. The minimum Gasteiger partial charge on any atom is -0.232 e. The Bertz CT molecular complexity index is 651. The van der Waals surface area contributed by atoms with Gasteiger partial charge in [0.25, 0.3) is 10.0 Å². The number of rotatable bonds is 5. The standard InChI is InChI=1S/C12H13ClN2O2S2/c1-2-9-3-5-10(6-4-9)7-15-19(16,17)11-8-14-12(13)18-11/h3-6,8,15H,2,7H2,1H3. The first-order valence-electron chi connectivity index (χ1n) is 5.70. The van der Waals surface area contributed by atoms with E-state index in [2.05, 4.69) is 16.6 Å². The molecule has 0 spiro atoms. The minimum atomic E-state index is -3.53. The van der Waals surface area contributed by atoms with E-state index in [1.165, 1.54) is 11.8 Å². The zero-order valence-electron chi connectivity index (χ0n) is 10.3. The van der Waals surface area contributed by atoms with Crippen LogP contribution in [0, 0.1) is 0 Å². The zero-order chi connectivity index (χ0) is 13.9. The molecule has 0 atom stereocenters. The molecule has 1 heterocycles. The van der Waals surface area contributed by atoms with Gasteiger partial charge in [0.2, 0.25) is 0 Å². The lowest BCUT2D eigenvalue weighted by molar-refractivity contribution is 0.583. The Balaban J connectivity index is 2.05. The molecule has 0 aliphatic rings. The van der Waals surface area contributed by atoms with Gasteiger partial charge in [-0.3, -0.25) is 0 Å². The predicted molar refractivity (Wildman–Crippen MR) is 77.0 cm³/mol. The average molecular weight is 317 g/mol. The summed E-state index contributed by atoms with van der Waals surface area (Å²) in [5.74, 6) is 0. The molecule has 0 unspecified atom stereocenters. The number of benzene rings is 1. The number of sulfonamides is 1. The van der Waals surface area contributed by atoms with Gasteiger partial charge in [-0.2, -0.15) is 0 Å². The summed E-state index contributed by atoms with van der Waals surface area (Å²) in [6.07, 6.45) is 2.22. The topological polar surface area (TPSA) is 59.1 Å². The molecule has 0 saturated heterocycles. The van der Waals surface area contributed by atoms with Crippen LogP contribution in [0.4, 0.5) is 0 Å². The second-order valence-electron chi connectivity index (χ2n) is 3.93. The van der Waals surface area contributed by atoms with Crippen molar-refractivity contribution in [1.82, 2.24) is 9.71 Å². The fourth-order valence-corrected chi connectivity index (χ4v) is 3.86. The van der Waals surface area contributed by atoms with E-state index < -0.39 is 10.0 Å². The molecule has 2 aromatic rings. The molecule has 102 valence electrons. The first kappa shape index (κ1) is 14.5. The SMILES string of the molecule is CCc1ccc(CNS(=O)(=O)c2cnc(Cl)s2)cc1. The second kappa shape index (κ2) is 6.00. The van der Waals surface area contributed by atoms with Gasteiger partial charge in [-0.15, -0.1) is 0 Å². The van der Waals surface area contributed by atoms with Crippen LogP contribution in [0.3, 0.4) is 0 Å². The predicted octanol–water partition coefficient (Wildman–Crippen LogP) is 2.84. The summed E-state index contributed by atoms with van der Waals surface area (Å²) < 4.78 is 26.8. The summed E-state index contributed by atoms with van der Waals surface area (Å²) in [5, 5.41) is 0. The van der Waals surface area contributed by atoms with Gasteiger partial charge in [0.05, 0.1) is 6.20 Å². The number of hydrogen-bond acceptors (Lipinski definition) is 4. The largest absolute Gasteiger partial charge is 0.252 e. The van der Waals surface area contributed by atoms with E-state index in [9.17, 15) is 8.42 Å². The van der Waals surface area contributed by atoms with Gasteiger partial charge in [-0.25, -0.2) is 18.1 Å². The Kier molecular flexibility index (Phi) is 4.57. The van der Waals surface area contributed by atoms with E-state index in [1.54, 1.807) is 0 Å². The Hall–Kier alpha value is -0.950. The normalized spacial score (nSPS) is 11.7. The van der Waals surface area contributed by atoms with Crippen molar-refractivity contribution in [3.8, 4) is 0 Å². The number of halogens is 1. The number of aryl methyl sites for hydroxylation is 1. The van der Waals surface area contributed by atoms with Crippen LogP contribution in [-0.2, 0) is 23.0 Å². The van der Waals surface area contributed by atoms with Crippen molar-refractivity contribution in [3.05, 3.63) is 46.1 Å². The molecule has 0 saturated carbocycles. The summed E-state index contributed by atoms with van der Waals surface area (Å²) in [6.45, 7) is 2.33. The van der Waals surface area contributed by atoms with Crippen LogP contribution in [0.2, 0.25) is 4.47 Å². The van der Waals surface area contributed by atoms with Crippen LogP contribution in [0.1, 0.15) is 18.1 Å². The fraction of sp³-hybridized carbons (Fsp3) is 0.250. The third-order valence-electron chi connectivity index (χ3n) is 2.62. The molecular weight excluding hydrogens is 304 g/mol. The molecule has 0 bridgehead atoms. The zero-order valence-corrected chi connectivity index (χ0v) is 12.6. The Morgan fingerprint density at radius 2 is 1.89 bits per heavy atom. The minimum absolute atomic E-state index is 0.127. The molecule has 0 aliphatic heterocycles. The van der Waals surface area contributed by atoms with Gasteiger partial charge in [-0.1, -0.05) is 54.1 Å². The molecule has 1 aromatic carbocycles. The van der Waals surface area contributed by atoms with E-state index in [4.69, 9.17) is 11.6 Å². The van der Waals surface area contributed by atoms with Gasteiger partial charge in [-0.05, 0) is 17.5 Å². The molecule has 2 rings (SSSR count). The highest BCUT2D eigenvalue weighted by molar-refractivity contribution is 7.91. The van der Waals surface area contributed by atoms with Crippen molar-refractivity contribution in [2.45, 2.75) is 24.1 Å². The smallest absolute Gasteiger partial charge is 0.232 e. The van der Waals surface area contributed by atoms with E-state index >= 15 is 0 Å². The third kappa shape index (κ3) is 3.76. The van der Waals surface area contributed by atoms with E-state index in [1.807, 2.05) is 24.3 Å². The molecule has 0 fully saturated rings. The fourth-order valence-electron chi connectivity index (χ4n) is 1.51. The Morgan fingerprint density at radius 1 is 1.26 bits per heavy atom. The van der Waals surface area contributed by atoms with Crippen LogP contribution in [0.15, 0.2) is 34.7 Å². The first-order valence-corrected chi connectivity index (χ1v) is 8.38. The van der Waals surface area contributed by atoms with Crippen LogP contribution >= 0.6 is 22.9 Å². The quantitative estimate of drug-likeness (QED) is 0.922. The maximum absolute atomic E-state index is 11.9. The van der Waals surface area contributed by atoms with Crippen LogP contribution < -0.4 is 4.72 Å². The van der Waals surface area contributed by atoms with Gasteiger partial charge < -0.3 is 0 Å². The van der Waals surface area contributed by atoms with Gasteiger partial charge in [0.15, 0.2) is 8.68 Å². The number of nitrogens with zero attached hydrogens (tertiary/aromatic N) is 1. The van der Waals surface area contributed by atoms with Crippen molar-refractivity contribution in [3.63, 3.8) is 0 Å². The van der Waals surface area contributed by atoms with Crippen molar-refractivity contribution in [2.24, 2.45) is 0 Å². The van der Waals surface area contributed by atoms with Crippen molar-refractivity contribution in [2.75, 3.05) is 0 Å². The third-order valence-corrected chi connectivity index (χ3v) is 5.60. The summed E-state index contributed by atoms with van der Waals surface area (Å²) in [6, 6.07) is 7.82. The molecule has 19 heavy (non-hydrogen) atoms. The first-order chi connectivity index (χ1) is 9.01. The van der Waals surface area contributed by atoms with Crippen molar-refractivity contribution < 1.29 is 8.42 Å². The number of nitrogens with one attached hydrogen (secondary N) is 1. The molecule has 0 radical (unpaired) electrons. The number of hydrogen-bond donors (Lipinski definition) is 1. The maximum atomic E-state index is 11.9. The summed E-state index contributed by atoms with van der Waals surface area (Å²) >= 11 is 6.57. The molecule has 1 N–H and O–H groups in total.